The second-order valence-electron chi connectivity index (χ2n) is 8.29. The molecule has 0 spiro atoms. The topological polar surface area (TPSA) is 79.8 Å². The minimum absolute atomic E-state index is 0.141. The Balaban J connectivity index is 1.70. The van der Waals surface area contributed by atoms with Gasteiger partial charge in [0, 0.05) is 65.0 Å². The molecule has 0 bridgehead atoms. The molecular weight excluding hydrogens is 400 g/mol. The van der Waals surface area contributed by atoms with Gasteiger partial charge in [-0.2, -0.15) is 0 Å². The van der Waals surface area contributed by atoms with Crippen LogP contribution >= 0.6 is 0 Å². The highest BCUT2D eigenvalue weighted by molar-refractivity contribution is 6.08. The molecule has 32 heavy (non-hydrogen) atoms. The molecule has 0 aliphatic carbocycles. The van der Waals surface area contributed by atoms with Gasteiger partial charge in [-0.05, 0) is 61.7 Å². The molecule has 6 nitrogen and oxygen atoms in total. The number of aromatic nitrogens is 3. The molecular formula is C26H28N4O2. The molecule has 1 amide bonds. The standard InChI is InChI=1S/C26H28N4O2/c1-5-6-18-11-17(3)29-26(32)23(18)15-28-25(31)22-12-20(19-8-7-16(2)27-14-19)13-24-21(22)9-10-30(24)4/h7-14H,5-6,15H2,1-4H3,(H,28,31)(H,29,32). The number of pyridine rings is 2. The molecule has 4 rings (SSSR count). The van der Waals surface area contributed by atoms with E-state index in [4.69, 9.17) is 0 Å². The number of nitrogens with one attached hydrogen (secondary N) is 2. The van der Waals surface area contributed by atoms with E-state index in [0.29, 0.717) is 11.1 Å². The molecule has 1 aromatic carbocycles. The lowest BCUT2D eigenvalue weighted by atomic mass is 10.00. The van der Waals surface area contributed by atoms with Crippen LogP contribution in [-0.4, -0.2) is 20.4 Å². The Hall–Kier alpha value is -3.67. The van der Waals surface area contributed by atoms with Crippen LogP contribution in [0.3, 0.4) is 0 Å². The second kappa shape index (κ2) is 8.83. The normalized spacial score (nSPS) is 11.1. The number of amides is 1. The average molecular weight is 429 g/mol. The van der Waals surface area contributed by atoms with Crippen molar-refractivity contribution in [1.82, 2.24) is 19.9 Å². The zero-order valence-corrected chi connectivity index (χ0v) is 19.0. The van der Waals surface area contributed by atoms with E-state index >= 15 is 0 Å². The summed E-state index contributed by atoms with van der Waals surface area (Å²) in [6.45, 7) is 6.09. The first-order valence-electron chi connectivity index (χ1n) is 10.9. The Kier molecular flexibility index (Phi) is 5.95. The summed E-state index contributed by atoms with van der Waals surface area (Å²) in [6.07, 6.45) is 5.50. The van der Waals surface area contributed by atoms with Gasteiger partial charge in [-0.3, -0.25) is 14.6 Å². The zero-order chi connectivity index (χ0) is 22.8. The Labute approximate surface area is 187 Å². The molecule has 0 aliphatic rings. The summed E-state index contributed by atoms with van der Waals surface area (Å²) in [5.41, 5.74) is 6.67. The van der Waals surface area contributed by atoms with Gasteiger partial charge in [0.2, 0.25) is 0 Å². The quantitative estimate of drug-likeness (QED) is 0.477. The van der Waals surface area contributed by atoms with Gasteiger partial charge in [-0.1, -0.05) is 19.4 Å². The van der Waals surface area contributed by atoms with E-state index in [1.165, 1.54) is 0 Å². The summed E-state index contributed by atoms with van der Waals surface area (Å²) in [6, 6.07) is 11.9. The lowest BCUT2D eigenvalue weighted by Gasteiger charge is -2.12. The number of hydrogen-bond acceptors (Lipinski definition) is 3. The van der Waals surface area contributed by atoms with Crippen molar-refractivity contribution in [2.45, 2.75) is 40.2 Å². The van der Waals surface area contributed by atoms with Crippen molar-refractivity contribution in [3.05, 3.63) is 87.2 Å². The third kappa shape index (κ3) is 4.21. The van der Waals surface area contributed by atoms with Crippen LogP contribution in [0.1, 0.15) is 46.2 Å². The Bertz CT molecular complexity index is 1350. The number of H-pyrrole nitrogens is 1. The van der Waals surface area contributed by atoms with Crippen LogP contribution in [0.15, 0.2) is 53.6 Å². The third-order valence-corrected chi connectivity index (χ3v) is 5.80. The number of aromatic amines is 1. The number of hydrogen-bond donors (Lipinski definition) is 2. The number of rotatable bonds is 6. The van der Waals surface area contributed by atoms with Crippen LogP contribution < -0.4 is 10.9 Å². The molecule has 2 N–H and O–H groups in total. The van der Waals surface area contributed by atoms with Crippen molar-refractivity contribution >= 4 is 16.8 Å². The van der Waals surface area contributed by atoms with Gasteiger partial charge in [0.05, 0.1) is 0 Å². The summed E-state index contributed by atoms with van der Waals surface area (Å²) in [4.78, 5) is 33.1. The van der Waals surface area contributed by atoms with Crippen molar-refractivity contribution in [2.75, 3.05) is 0 Å². The van der Waals surface area contributed by atoms with Crippen molar-refractivity contribution in [3.63, 3.8) is 0 Å². The summed E-state index contributed by atoms with van der Waals surface area (Å²) in [7, 11) is 1.96. The van der Waals surface area contributed by atoms with Crippen LogP contribution in [0.4, 0.5) is 0 Å². The first kappa shape index (κ1) is 21.6. The van der Waals surface area contributed by atoms with Crippen LogP contribution in [-0.2, 0) is 20.0 Å². The summed E-state index contributed by atoms with van der Waals surface area (Å²) in [5.74, 6) is -0.203. The van der Waals surface area contributed by atoms with E-state index in [2.05, 4.69) is 28.3 Å². The smallest absolute Gasteiger partial charge is 0.253 e. The molecule has 0 fully saturated rings. The van der Waals surface area contributed by atoms with E-state index < -0.39 is 0 Å². The fourth-order valence-electron chi connectivity index (χ4n) is 4.10. The minimum Gasteiger partial charge on any atom is -0.351 e. The first-order chi connectivity index (χ1) is 15.4. The third-order valence-electron chi connectivity index (χ3n) is 5.80. The number of aryl methyl sites for hydroxylation is 4. The van der Waals surface area contributed by atoms with Gasteiger partial charge >= 0.3 is 0 Å². The largest absolute Gasteiger partial charge is 0.351 e. The van der Waals surface area contributed by atoms with Crippen LogP contribution in [0, 0.1) is 13.8 Å². The van der Waals surface area contributed by atoms with Crippen LogP contribution in [0.25, 0.3) is 22.0 Å². The highest BCUT2D eigenvalue weighted by Crippen LogP contribution is 2.28. The highest BCUT2D eigenvalue weighted by atomic mass is 16.1. The van der Waals surface area contributed by atoms with Gasteiger partial charge < -0.3 is 14.9 Å². The molecule has 0 radical (unpaired) electrons. The van der Waals surface area contributed by atoms with E-state index in [1.807, 2.05) is 68.2 Å². The maximum Gasteiger partial charge on any atom is 0.253 e. The maximum atomic E-state index is 13.3. The number of benzene rings is 1. The molecule has 0 saturated heterocycles. The fourth-order valence-corrected chi connectivity index (χ4v) is 4.10. The van der Waals surface area contributed by atoms with E-state index in [-0.39, 0.29) is 18.0 Å². The molecule has 3 heterocycles. The Morgan fingerprint density at radius 3 is 2.66 bits per heavy atom. The number of carbonyl (C=O) groups excluding carboxylic acids is 1. The summed E-state index contributed by atoms with van der Waals surface area (Å²) >= 11 is 0. The molecule has 164 valence electrons. The van der Waals surface area contributed by atoms with Gasteiger partial charge in [0.15, 0.2) is 0 Å². The van der Waals surface area contributed by atoms with Crippen molar-refractivity contribution < 1.29 is 4.79 Å². The van der Waals surface area contributed by atoms with E-state index in [0.717, 1.165) is 51.8 Å². The molecule has 0 atom stereocenters. The summed E-state index contributed by atoms with van der Waals surface area (Å²) in [5, 5.41) is 3.86. The molecule has 0 unspecified atom stereocenters. The maximum absolute atomic E-state index is 13.3. The van der Waals surface area contributed by atoms with E-state index in [1.54, 1.807) is 0 Å². The zero-order valence-electron chi connectivity index (χ0n) is 19.0. The first-order valence-corrected chi connectivity index (χ1v) is 10.9. The van der Waals surface area contributed by atoms with Gasteiger partial charge in [-0.25, -0.2) is 0 Å². The highest BCUT2D eigenvalue weighted by Gasteiger charge is 2.16. The molecule has 0 saturated carbocycles. The predicted molar refractivity (Wildman–Crippen MR) is 128 cm³/mol. The SMILES string of the molecule is CCCc1cc(C)[nH]c(=O)c1CNC(=O)c1cc(-c2ccc(C)nc2)cc2c1ccn2C. The molecule has 3 aromatic heterocycles. The molecule has 6 heteroatoms. The second-order valence-corrected chi connectivity index (χ2v) is 8.29. The van der Waals surface area contributed by atoms with Crippen LogP contribution in [0.2, 0.25) is 0 Å². The monoisotopic (exact) mass is 428 g/mol. The van der Waals surface area contributed by atoms with Gasteiger partial charge in [-0.15, -0.1) is 0 Å². The average Bonchev–Trinajstić information content (AvgIpc) is 3.14. The minimum atomic E-state index is -0.203. The van der Waals surface area contributed by atoms with Crippen LogP contribution in [0.5, 0.6) is 0 Å². The fraction of sp³-hybridized carbons (Fsp3) is 0.269. The molecule has 0 aliphatic heterocycles. The number of fused-ring (bicyclic) bond motifs is 1. The lowest BCUT2D eigenvalue weighted by Crippen LogP contribution is -2.28. The predicted octanol–water partition coefficient (Wildman–Crippen LogP) is 4.43. The summed E-state index contributed by atoms with van der Waals surface area (Å²) < 4.78 is 2.00. The molecule has 4 aromatic rings. The van der Waals surface area contributed by atoms with Crippen molar-refractivity contribution in [2.24, 2.45) is 7.05 Å². The van der Waals surface area contributed by atoms with Gasteiger partial charge in [0.1, 0.15) is 0 Å². The number of carbonyl (C=O) groups is 1. The Morgan fingerprint density at radius 1 is 1.12 bits per heavy atom. The van der Waals surface area contributed by atoms with Gasteiger partial charge in [0.25, 0.3) is 11.5 Å². The van der Waals surface area contributed by atoms with Crippen molar-refractivity contribution in [3.8, 4) is 11.1 Å². The van der Waals surface area contributed by atoms with Crippen molar-refractivity contribution in [1.29, 1.82) is 0 Å². The van der Waals surface area contributed by atoms with E-state index in [9.17, 15) is 9.59 Å². The Morgan fingerprint density at radius 2 is 1.94 bits per heavy atom. The lowest BCUT2D eigenvalue weighted by molar-refractivity contribution is 0.0952. The number of nitrogens with zero attached hydrogens (tertiary/aromatic N) is 2.